The Morgan fingerprint density at radius 1 is 1.14 bits per heavy atom. The van der Waals surface area contributed by atoms with Crippen molar-refractivity contribution >= 4 is 56.7 Å². The number of carbonyl (C=O) groups excluding carboxylic acids is 3. The highest BCUT2D eigenvalue weighted by molar-refractivity contribution is 9.10. The Balaban J connectivity index is 1.48. The van der Waals surface area contributed by atoms with Crippen molar-refractivity contribution in [2.24, 2.45) is 5.92 Å². The van der Waals surface area contributed by atoms with Crippen LogP contribution >= 0.6 is 27.5 Å². The van der Waals surface area contributed by atoms with Crippen LogP contribution in [0.3, 0.4) is 0 Å². The van der Waals surface area contributed by atoms with Gasteiger partial charge < -0.3 is 15.4 Å². The topological polar surface area (TPSA) is 109 Å². The SMILES string of the molecule is COC(=O)Nc1ccc2c(c1)NC(=O)C(C)CCCC(NCCC(=O)c1c(Br)ccc(Cl)c1F)c1cc-2c2c(n1)CCC2. The summed E-state index contributed by atoms with van der Waals surface area (Å²) in [6.07, 6.45) is 4.28. The monoisotopic (exact) mass is 670 g/mol. The largest absolute Gasteiger partial charge is 0.453 e. The van der Waals surface area contributed by atoms with Gasteiger partial charge >= 0.3 is 6.09 Å². The van der Waals surface area contributed by atoms with Gasteiger partial charge in [0.1, 0.15) is 0 Å². The molecule has 2 heterocycles. The van der Waals surface area contributed by atoms with E-state index in [2.05, 4.69) is 37.9 Å². The Kier molecular flexibility index (Phi) is 9.78. The lowest BCUT2D eigenvalue weighted by Gasteiger charge is -2.24. The Labute approximate surface area is 263 Å². The van der Waals surface area contributed by atoms with E-state index in [1.807, 2.05) is 13.0 Å². The average molecular weight is 672 g/mol. The molecule has 43 heavy (non-hydrogen) atoms. The standard InChI is InChI=1S/C32H33BrClFN4O4/c1-17-5-3-8-25(36-14-13-28(40)29-22(33)11-12-23(34)30(29)35)27-16-21(19-6-4-7-24(19)38-27)20-10-9-18(37-32(42)43-2)15-26(20)39-31(17)41/h9-12,15-17,25,36H,3-8,13-14H2,1-2H3,(H,37,42)(H,39,41). The van der Waals surface area contributed by atoms with E-state index in [-0.39, 0.29) is 40.7 Å². The molecular formula is C32H33BrClFN4O4. The van der Waals surface area contributed by atoms with Crippen molar-refractivity contribution in [1.82, 2.24) is 10.3 Å². The minimum absolute atomic E-state index is 0.0524. The molecule has 2 aliphatic rings. The highest BCUT2D eigenvalue weighted by atomic mass is 79.9. The molecule has 8 nitrogen and oxygen atoms in total. The summed E-state index contributed by atoms with van der Waals surface area (Å²) in [5.74, 6) is -1.45. The fourth-order valence-corrected chi connectivity index (χ4v) is 6.43. The quantitative estimate of drug-likeness (QED) is 0.184. The third kappa shape index (κ3) is 6.92. The van der Waals surface area contributed by atoms with Crippen molar-refractivity contribution < 1.29 is 23.5 Å². The zero-order chi connectivity index (χ0) is 30.7. The predicted octanol–water partition coefficient (Wildman–Crippen LogP) is 7.63. The van der Waals surface area contributed by atoms with Crippen LogP contribution in [0, 0.1) is 11.7 Å². The zero-order valence-electron chi connectivity index (χ0n) is 24.0. The normalized spacial score (nSPS) is 18.0. The fraction of sp³-hybridized carbons (Fsp3) is 0.375. The number of benzene rings is 2. The van der Waals surface area contributed by atoms with Gasteiger partial charge in [0.2, 0.25) is 5.91 Å². The lowest BCUT2D eigenvalue weighted by atomic mass is 9.92. The number of Topliss-reactive ketones (excluding diaryl/α,β-unsaturated/α-hetero) is 1. The summed E-state index contributed by atoms with van der Waals surface area (Å²) in [5, 5.41) is 9.18. The van der Waals surface area contributed by atoms with E-state index >= 15 is 0 Å². The van der Waals surface area contributed by atoms with E-state index in [1.54, 1.807) is 18.2 Å². The number of methoxy groups -OCH3 is 1. The number of anilines is 2. The number of nitrogens with one attached hydrogen (secondary N) is 3. The Morgan fingerprint density at radius 3 is 2.74 bits per heavy atom. The molecule has 2 atom stereocenters. The van der Waals surface area contributed by atoms with E-state index in [0.29, 0.717) is 35.2 Å². The van der Waals surface area contributed by atoms with Crippen LogP contribution in [0.15, 0.2) is 40.9 Å². The summed E-state index contributed by atoms with van der Waals surface area (Å²) in [4.78, 5) is 43.2. The minimum Gasteiger partial charge on any atom is -0.453 e. The van der Waals surface area contributed by atoms with Gasteiger partial charge in [-0.15, -0.1) is 0 Å². The molecule has 2 aromatic carbocycles. The summed E-state index contributed by atoms with van der Waals surface area (Å²) < 4.78 is 19.8. The van der Waals surface area contributed by atoms with Crippen LogP contribution in [0.1, 0.15) is 72.4 Å². The van der Waals surface area contributed by atoms with Crippen LogP contribution in [-0.2, 0) is 22.4 Å². The molecule has 0 saturated carbocycles. The number of hydrogen-bond donors (Lipinski definition) is 3. The van der Waals surface area contributed by atoms with Crippen LogP contribution in [0.4, 0.5) is 20.6 Å². The number of fused-ring (bicyclic) bond motifs is 6. The first kappa shape index (κ1) is 31.1. The van der Waals surface area contributed by atoms with Gasteiger partial charge in [-0.1, -0.05) is 31.0 Å². The first-order chi connectivity index (χ1) is 20.7. The molecule has 0 spiro atoms. The molecule has 0 radical (unpaired) electrons. The number of carbonyl (C=O) groups is 3. The number of aromatic nitrogens is 1. The summed E-state index contributed by atoms with van der Waals surface area (Å²) in [7, 11) is 1.29. The smallest absolute Gasteiger partial charge is 0.411 e. The van der Waals surface area contributed by atoms with E-state index < -0.39 is 11.9 Å². The maximum atomic E-state index is 14.6. The van der Waals surface area contributed by atoms with E-state index in [1.165, 1.54) is 13.2 Å². The Bertz CT molecular complexity index is 1580. The van der Waals surface area contributed by atoms with Crippen molar-refractivity contribution in [3.05, 3.63) is 74.2 Å². The predicted molar refractivity (Wildman–Crippen MR) is 168 cm³/mol. The first-order valence-electron chi connectivity index (χ1n) is 14.4. The van der Waals surface area contributed by atoms with Gasteiger partial charge in [0.25, 0.3) is 0 Å². The maximum absolute atomic E-state index is 14.6. The number of pyridine rings is 1. The second-order valence-electron chi connectivity index (χ2n) is 11.0. The maximum Gasteiger partial charge on any atom is 0.411 e. The Morgan fingerprint density at radius 2 is 1.95 bits per heavy atom. The van der Waals surface area contributed by atoms with Gasteiger partial charge in [0.15, 0.2) is 11.6 Å². The van der Waals surface area contributed by atoms with Gasteiger partial charge in [-0.25, -0.2) is 9.18 Å². The third-order valence-electron chi connectivity index (χ3n) is 8.07. The summed E-state index contributed by atoms with van der Waals surface area (Å²) >= 11 is 9.20. The van der Waals surface area contributed by atoms with Crippen molar-refractivity contribution in [3.63, 3.8) is 0 Å². The minimum atomic E-state index is -0.729. The molecule has 0 saturated heterocycles. The molecule has 1 aliphatic heterocycles. The zero-order valence-corrected chi connectivity index (χ0v) is 26.3. The van der Waals surface area contributed by atoms with Gasteiger partial charge in [-0.3, -0.25) is 19.9 Å². The first-order valence-corrected chi connectivity index (χ1v) is 15.6. The lowest BCUT2D eigenvalue weighted by molar-refractivity contribution is -0.119. The van der Waals surface area contributed by atoms with Gasteiger partial charge in [-0.05, 0) is 89.5 Å². The lowest BCUT2D eigenvalue weighted by Crippen LogP contribution is -2.27. The molecule has 11 heteroatoms. The van der Waals surface area contributed by atoms with Crippen molar-refractivity contribution in [3.8, 4) is 11.1 Å². The number of ether oxygens (including phenoxy) is 1. The molecule has 5 rings (SSSR count). The number of halogens is 3. The molecule has 3 N–H and O–H groups in total. The summed E-state index contributed by atoms with van der Waals surface area (Å²) in [6, 6.07) is 10.3. The number of ketones is 1. The molecule has 2 bridgehead atoms. The van der Waals surface area contributed by atoms with E-state index in [9.17, 15) is 18.8 Å². The van der Waals surface area contributed by atoms with Crippen LogP contribution in [0.25, 0.3) is 11.1 Å². The number of rotatable bonds is 6. The molecule has 2 unspecified atom stereocenters. The Hall–Kier alpha value is -3.34. The van der Waals surface area contributed by atoms with Gasteiger partial charge in [-0.2, -0.15) is 0 Å². The fourth-order valence-electron chi connectivity index (χ4n) is 5.75. The molecule has 3 aromatic rings. The van der Waals surface area contributed by atoms with Gasteiger partial charge in [0, 0.05) is 46.3 Å². The summed E-state index contributed by atoms with van der Waals surface area (Å²) in [6.45, 7) is 2.20. The molecule has 0 fully saturated rings. The highest BCUT2D eigenvalue weighted by Crippen LogP contribution is 2.39. The van der Waals surface area contributed by atoms with E-state index in [4.69, 9.17) is 21.3 Å². The van der Waals surface area contributed by atoms with Crippen molar-refractivity contribution in [2.45, 2.75) is 57.9 Å². The second kappa shape index (κ2) is 13.5. The van der Waals surface area contributed by atoms with Crippen LogP contribution in [-0.4, -0.2) is 36.4 Å². The highest BCUT2D eigenvalue weighted by Gasteiger charge is 2.26. The second-order valence-corrected chi connectivity index (χ2v) is 12.2. The number of hydrogen-bond acceptors (Lipinski definition) is 6. The van der Waals surface area contributed by atoms with Crippen molar-refractivity contribution in [2.75, 3.05) is 24.3 Å². The third-order valence-corrected chi connectivity index (χ3v) is 9.02. The molecule has 2 amide bonds. The van der Waals surface area contributed by atoms with Crippen LogP contribution in [0.2, 0.25) is 5.02 Å². The number of amides is 2. The van der Waals surface area contributed by atoms with Crippen LogP contribution in [0.5, 0.6) is 0 Å². The van der Waals surface area contributed by atoms with E-state index in [0.717, 1.165) is 53.8 Å². The number of nitrogens with zero attached hydrogens (tertiary/aromatic N) is 1. The average Bonchev–Trinajstić information content (AvgIpc) is 3.46. The number of aryl methyl sites for hydroxylation is 1. The molecular weight excluding hydrogens is 639 g/mol. The van der Waals surface area contributed by atoms with Gasteiger partial charge in [0.05, 0.1) is 29.1 Å². The van der Waals surface area contributed by atoms with Crippen LogP contribution < -0.4 is 16.0 Å². The van der Waals surface area contributed by atoms with Crippen molar-refractivity contribution in [1.29, 1.82) is 0 Å². The molecule has 1 aliphatic carbocycles. The molecule has 226 valence electrons. The summed E-state index contributed by atoms with van der Waals surface area (Å²) in [5.41, 5.74) is 5.91. The molecule has 1 aromatic heterocycles.